The third kappa shape index (κ3) is 1.58. The standard InChI is InChI=1S/C10H19N/c1-2-11-10-5-3-4-9(10)8-6-7-8/h8-11H,2-7H2,1H3. The van der Waals surface area contributed by atoms with Crippen LogP contribution in [-0.2, 0) is 0 Å². The van der Waals surface area contributed by atoms with Crippen LogP contribution in [-0.4, -0.2) is 12.6 Å². The average Bonchev–Trinajstić information content (AvgIpc) is 2.75. The van der Waals surface area contributed by atoms with Gasteiger partial charge in [-0.2, -0.15) is 0 Å². The Hall–Kier alpha value is -0.0400. The molecule has 2 unspecified atom stereocenters. The van der Waals surface area contributed by atoms with Gasteiger partial charge in [-0.05, 0) is 44.1 Å². The number of hydrogen-bond acceptors (Lipinski definition) is 1. The highest BCUT2D eigenvalue weighted by Crippen LogP contribution is 2.44. The van der Waals surface area contributed by atoms with Gasteiger partial charge in [-0.1, -0.05) is 13.3 Å². The second kappa shape index (κ2) is 3.14. The summed E-state index contributed by atoms with van der Waals surface area (Å²) in [6.07, 6.45) is 7.45. The molecule has 2 fully saturated rings. The molecule has 0 saturated heterocycles. The Labute approximate surface area is 69.6 Å². The Morgan fingerprint density at radius 3 is 2.64 bits per heavy atom. The molecule has 1 heteroatoms. The SMILES string of the molecule is CCNC1CCCC1C1CC1. The fourth-order valence-corrected chi connectivity index (χ4v) is 2.59. The van der Waals surface area contributed by atoms with E-state index in [1.165, 1.54) is 32.1 Å². The zero-order valence-electron chi connectivity index (χ0n) is 7.47. The van der Waals surface area contributed by atoms with Gasteiger partial charge >= 0.3 is 0 Å². The molecule has 0 aliphatic heterocycles. The van der Waals surface area contributed by atoms with Gasteiger partial charge in [0.25, 0.3) is 0 Å². The quantitative estimate of drug-likeness (QED) is 0.655. The highest BCUT2D eigenvalue weighted by atomic mass is 14.9. The van der Waals surface area contributed by atoms with Crippen molar-refractivity contribution in [3.8, 4) is 0 Å². The summed E-state index contributed by atoms with van der Waals surface area (Å²) in [4.78, 5) is 0. The zero-order chi connectivity index (χ0) is 7.68. The summed E-state index contributed by atoms with van der Waals surface area (Å²) < 4.78 is 0. The highest BCUT2D eigenvalue weighted by Gasteiger charge is 2.38. The lowest BCUT2D eigenvalue weighted by atomic mass is 9.98. The normalized spacial score (nSPS) is 37.9. The predicted molar refractivity (Wildman–Crippen MR) is 47.5 cm³/mol. The van der Waals surface area contributed by atoms with Gasteiger partial charge in [-0.3, -0.25) is 0 Å². The lowest BCUT2D eigenvalue weighted by molar-refractivity contribution is 0.368. The van der Waals surface area contributed by atoms with E-state index in [0.717, 1.165) is 24.4 Å². The summed E-state index contributed by atoms with van der Waals surface area (Å²) in [5, 5.41) is 3.62. The Balaban J connectivity index is 1.85. The third-order valence-electron chi connectivity index (χ3n) is 3.26. The van der Waals surface area contributed by atoms with Crippen LogP contribution in [0.1, 0.15) is 39.0 Å². The fourth-order valence-electron chi connectivity index (χ4n) is 2.59. The van der Waals surface area contributed by atoms with E-state index in [-0.39, 0.29) is 0 Å². The van der Waals surface area contributed by atoms with E-state index in [1.807, 2.05) is 0 Å². The molecule has 64 valence electrons. The van der Waals surface area contributed by atoms with Crippen LogP contribution >= 0.6 is 0 Å². The van der Waals surface area contributed by atoms with Gasteiger partial charge in [-0.25, -0.2) is 0 Å². The minimum Gasteiger partial charge on any atom is -0.314 e. The summed E-state index contributed by atoms with van der Waals surface area (Å²) >= 11 is 0. The minimum absolute atomic E-state index is 0.882. The largest absolute Gasteiger partial charge is 0.314 e. The maximum absolute atomic E-state index is 3.62. The van der Waals surface area contributed by atoms with Crippen LogP contribution in [0.5, 0.6) is 0 Å². The van der Waals surface area contributed by atoms with Crippen molar-refractivity contribution in [1.82, 2.24) is 5.32 Å². The highest BCUT2D eigenvalue weighted by molar-refractivity contribution is 4.92. The lowest BCUT2D eigenvalue weighted by Gasteiger charge is -2.19. The van der Waals surface area contributed by atoms with Gasteiger partial charge in [0.15, 0.2) is 0 Å². The first-order valence-corrected chi connectivity index (χ1v) is 5.15. The summed E-state index contributed by atoms with van der Waals surface area (Å²) in [6, 6.07) is 0.882. The van der Waals surface area contributed by atoms with Crippen molar-refractivity contribution in [2.45, 2.75) is 45.1 Å². The predicted octanol–water partition coefficient (Wildman–Crippen LogP) is 2.17. The van der Waals surface area contributed by atoms with E-state index >= 15 is 0 Å². The van der Waals surface area contributed by atoms with E-state index in [0.29, 0.717) is 0 Å². The number of rotatable bonds is 3. The third-order valence-corrected chi connectivity index (χ3v) is 3.26. The molecule has 0 radical (unpaired) electrons. The van der Waals surface area contributed by atoms with E-state index in [4.69, 9.17) is 0 Å². The van der Waals surface area contributed by atoms with Crippen LogP contribution in [0.25, 0.3) is 0 Å². The average molecular weight is 153 g/mol. The molecule has 0 heterocycles. The Kier molecular flexibility index (Phi) is 2.17. The Morgan fingerprint density at radius 2 is 2.00 bits per heavy atom. The lowest BCUT2D eigenvalue weighted by Crippen LogP contribution is -2.32. The topological polar surface area (TPSA) is 12.0 Å². The molecule has 0 aromatic heterocycles. The van der Waals surface area contributed by atoms with Gasteiger partial charge < -0.3 is 5.32 Å². The molecule has 0 spiro atoms. The maximum Gasteiger partial charge on any atom is 0.00978 e. The molecular formula is C10H19N. The summed E-state index contributed by atoms with van der Waals surface area (Å²) in [5.41, 5.74) is 0. The number of hydrogen-bond donors (Lipinski definition) is 1. The van der Waals surface area contributed by atoms with Crippen LogP contribution in [0.2, 0.25) is 0 Å². The first-order chi connectivity index (χ1) is 5.42. The molecule has 2 aliphatic rings. The van der Waals surface area contributed by atoms with Gasteiger partial charge in [0.2, 0.25) is 0 Å². The Morgan fingerprint density at radius 1 is 1.18 bits per heavy atom. The molecule has 2 saturated carbocycles. The van der Waals surface area contributed by atoms with Crippen LogP contribution in [0.4, 0.5) is 0 Å². The summed E-state index contributed by atoms with van der Waals surface area (Å²) in [5.74, 6) is 2.16. The summed E-state index contributed by atoms with van der Waals surface area (Å²) in [6.45, 7) is 3.39. The monoisotopic (exact) mass is 153 g/mol. The van der Waals surface area contributed by atoms with Crippen molar-refractivity contribution in [3.63, 3.8) is 0 Å². The van der Waals surface area contributed by atoms with Crippen molar-refractivity contribution >= 4 is 0 Å². The molecule has 1 nitrogen and oxygen atoms in total. The minimum atomic E-state index is 0.882. The Bertz CT molecular complexity index is 129. The maximum atomic E-state index is 3.62. The molecule has 2 rings (SSSR count). The van der Waals surface area contributed by atoms with Gasteiger partial charge in [0.1, 0.15) is 0 Å². The zero-order valence-corrected chi connectivity index (χ0v) is 7.47. The van der Waals surface area contributed by atoms with E-state index in [2.05, 4.69) is 12.2 Å². The smallest absolute Gasteiger partial charge is 0.00978 e. The van der Waals surface area contributed by atoms with E-state index in [1.54, 1.807) is 0 Å². The van der Waals surface area contributed by atoms with Gasteiger partial charge in [0, 0.05) is 6.04 Å². The molecule has 0 aromatic carbocycles. The second-order valence-electron chi connectivity index (χ2n) is 4.10. The van der Waals surface area contributed by atoms with Crippen molar-refractivity contribution in [2.75, 3.05) is 6.54 Å². The van der Waals surface area contributed by atoms with Crippen LogP contribution in [0.3, 0.4) is 0 Å². The number of nitrogens with one attached hydrogen (secondary N) is 1. The molecule has 11 heavy (non-hydrogen) atoms. The molecular weight excluding hydrogens is 134 g/mol. The van der Waals surface area contributed by atoms with Crippen molar-refractivity contribution in [1.29, 1.82) is 0 Å². The van der Waals surface area contributed by atoms with Crippen molar-refractivity contribution in [3.05, 3.63) is 0 Å². The van der Waals surface area contributed by atoms with Crippen LogP contribution in [0.15, 0.2) is 0 Å². The summed E-state index contributed by atoms with van der Waals surface area (Å²) in [7, 11) is 0. The van der Waals surface area contributed by atoms with Crippen molar-refractivity contribution < 1.29 is 0 Å². The molecule has 0 aromatic rings. The second-order valence-corrected chi connectivity index (χ2v) is 4.10. The molecule has 1 N–H and O–H groups in total. The molecule has 2 aliphatic carbocycles. The molecule has 2 atom stereocenters. The molecule has 0 amide bonds. The first kappa shape index (κ1) is 7.60. The van der Waals surface area contributed by atoms with Crippen molar-refractivity contribution in [2.24, 2.45) is 11.8 Å². The van der Waals surface area contributed by atoms with Crippen LogP contribution < -0.4 is 5.32 Å². The van der Waals surface area contributed by atoms with Gasteiger partial charge in [-0.15, -0.1) is 0 Å². The van der Waals surface area contributed by atoms with E-state index in [9.17, 15) is 0 Å². The van der Waals surface area contributed by atoms with Gasteiger partial charge in [0.05, 0.1) is 0 Å². The van der Waals surface area contributed by atoms with E-state index < -0.39 is 0 Å². The van der Waals surface area contributed by atoms with Crippen LogP contribution in [0, 0.1) is 11.8 Å². The fraction of sp³-hybridized carbons (Fsp3) is 1.00. The first-order valence-electron chi connectivity index (χ1n) is 5.15. The molecule has 0 bridgehead atoms.